The van der Waals surface area contributed by atoms with Crippen molar-refractivity contribution in [2.24, 2.45) is 0 Å². The van der Waals surface area contributed by atoms with E-state index >= 15 is 0 Å². The first-order valence-corrected chi connectivity index (χ1v) is 9.02. The third kappa shape index (κ3) is 2.14. The summed E-state index contributed by atoms with van der Waals surface area (Å²) >= 11 is 9.73. The molecule has 7 heteroatoms. The maximum atomic E-state index is 13.0. The second-order valence-electron chi connectivity index (χ2n) is 5.88. The molecule has 116 valence electrons. The molecule has 2 aliphatic heterocycles. The summed E-state index contributed by atoms with van der Waals surface area (Å²) in [5.74, 6) is -0.445. The summed E-state index contributed by atoms with van der Waals surface area (Å²) in [6.07, 6.45) is 0.669. The van der Waals surface area contributed by atoms with Crippen LogP contribution < -0.4 is 0 Å². The molecular weight excluding hydrogens is 437 g/mol. The Morgan fingerprint density at radius 1 is 1.41 bits per heavy atom. The number of carbonyl (C=O) groups is 3. The van der Waals surface area contributed by atoms with Crippen LogP contribution in [0.3, 0.4) is 0 Å². The molecule has 0 saturated carbocycles. The van der Waals surface area contributed by atoms with Gasteiger partial charge in [-0.3, -0.25) is 14.4 Å². The average Bonchev–Trinajstić information content (AvgIpc) is 2.76. The molecule has 0 N–H and O–H groups in total. The molecule has 2 saturated heterocycles. The summed E-state index contributed by atoms with van der Waals surface area (Å²) in [5, 5.41) is -0.227. The summed E-state index contributed by atoms with van der Waals surface area (Å²) in [7, 11) is 0. The fourth-order valence-corrected chi connectivity index (χ4v) is 5.78. The van der Waals surface area contributed by atoms with Gasteiger partial charge in [0.05, 0.1) is 0 Å². The van der Waals surface area contributed by atoms with E-state index in [0.717, 1.165) is 0 Å². The number of carbonyl (C=O) groups excluding carboxylic acids is 3. The summed E-state index contributed by atoms with van der Waals surface area (Å²) < 4.78 is -1.45. The van der Waals surface area contributed by atoms with Crippen LogP contribution in [0, 0.1) is 0 Å². The normalized spacial score (nSPS) is 32.4. The summed E-state index contributed by atoms with van der Waals surface area (Å²) in [5.41, 5.74) is 0.696. The van der Waals surface area contributed by atoms with Gasteiger partial charge < -0.3 is 4.90 Å². The number of nitrogens with zero attached hydrogens (tertiary/aromatic N) is 1. The zero-order valence-corrected chi connectivity index (χ0v) is 15.6. The second kappa shape index (κ2) is 5.21. The summed E-state index contributed by atoms with van der Waals surface area (Å²) in [6, 6.07) is 6.05. The standard InChI is InChI=1S/C15H13ClINO3S/c1-14(2)11(18-12(21)15(16,17)13(18)22-14)10(20)9-6-4-3-5-8(9)7-19/h3-7,11,13H,1-2H3/t11-,13+,15?/m0/s1. The first-order chi connectivity index (χ1) is 10.2. The Balaban J connectivity index is 2.02. The molecule has 0 aliphatic carbocycles. The number of aldehydes is 1. The fourth-order valence-electron chi connectivity index (χ4n) is 2.98. The highest BCUT2D eigenvalue weighted by atomic mass is 127. The van der Waals surface area contributed by atoms with E-state index < -0.39 is 13.7 Å². The van der Waals surface area contributed by atoms with Crippen molar-refractivity contribution in [2.45, 2.75) is 32.9 Å². The van der Waals surface area contributed by atoms with Crippen molar-refractivity contribution in [3.05, 3.63) is 35.4 Å². The number of fused-ring (bicyclic) bond motifs is 1. The van der Waals surface area contributed by atoms with Crippen LogP contribution in [0.1, 0.15) is 34.6 Å². The Morgan fingerprint density at radius 3 is 2.68 bits per heavy atom. The van der Waals surface area contributed by atoms with Crippen LogP contribution in [0.4, 0.5) is 0 Å². The van der Waals surface area contributed by atoms with Gasteiger partial charge in [-0.25, -0.2) is 0 Å². The number of Topliss-reactive ketones (excluding diaryl/α,β-unsaturated/α-hetero) is 1. The molecule has 2 heterocycles. The fraction of sp³-hybridized carbons (Fsp3) is 0.400. The number of ketones is 1. The van der Waals surface area contributed by atoms with E-state index in [1.807, 2.05) is 36.4 Å². The Kier molecular flexibility index (Phi) is 3.85. The van der Waals surface area contributed by atoms with E-state index in [1.165, 1.54) is 11.8 Å². The maximum Gasteiger partial charge on any atom is 0.258 e. The zero-order valence-electron chi connectivity index (χ0n) is 11.9. The predicted molar refractivity (Wildman–Crippen MR) is 94.9 cm³/mol. The molecule has 3 rings (SSSR count). The lowest BCUT2D eigenvalue weighted by Crippen LogP contribution is -2.68. The number of hydrogen-bond acceptors (Lipinski definition) is 4. The van der Waals surface area contributed by atoms with Gasteiger partial charge in [0.15, 0.2) is 12.1 Å². The highest BCUT2D eigenvalue weighted by Gasteiger charge is 2.69. The predicted octanol–water partition coefficient (Wildman–Crippen LogP) is 3.11. The highest BCUT2D eigenvalue weighted by molar-refractivity contribution is 14.1. The van der Waals surface area contributed by atoms with Gasteiger partial charge in [-0.1, -0.05) is 35.9 Å². The van der Waals surface area contributed by atoms with Crippen LogP contribution in [-0.4, -0.2) is 41.9 Å². The molecular formula is C15H13ClINO3S. The number of hydrogen-bond donors (Lipinski definition) is 0. The molecule has 1 unspecified atom stereocenters. The Labute approximate surface area is 151 Å². The molecule has 0 spiro atoms. The SMILES string of the molecule is CC1(C)S[C@H]2N(C(=O)C2(Cl)I)[C@H]1C(=O)c1ccccc1C=O. The lowest BCUT2D eigenvalue weighted by Gasteiger charge is -2.46. The first-order valence-electron chi connectivity index (χ1n) is 6.68. The quantitative estimate of drug-likeness (QED) is 0.234. The molecule has 0 radical (unpaired) electrons. The topological polar surface area (TPSA) is 54.5 Å². The Hall–Kier alpha value is -0.600. The van der Waals surface area contributed by atoms with Crippen LogP contribution in [0.15, 0.2) is 24.3 Å². The van der Waals surface area contributed by atoms with Gasteiger partial charge in [0.2, 0.25) is 2.88 Å². The number of benzene rings is 1. The highest BCUT2D eigenvalue weighted by Crippen LogP contribution is 2.60. The minimum absolute atomic E-state index is 0.209. The number of rotatable bonds is 3. The third-order valence-electron chi connectivity index (χ3n) is 4.04. The molecule has 2 aliphatic rings. The molecule has 1 aromatic carbocycles. The van der Waals surface area contributed by atoms with E-state index in [2.05, 4.69) is 0 Å². The molecule has 1 amide bonds. The van der Waals surface area contributed by atoms with E-state index in [4.69, 9.17) is 11.6 Å². The largest absolute Gasteiger partial charge is 0.313 e. The van der Waals surface area contributed by atoms with Crippen molar-refractivity contribution in [2.75, 3.05) is 0 Å². The van der Waals surface area contributed by atoms with Crippen LogP contribution in [0.25, 0.3) is 0 Å². The molecule has 22 heavy (non-hydrogen) atoms. The minimum atomic E-state index is -0.987. The van der Waals surface area contributed by atoms with Crippen molar-refractivity contribution >= 4 is 63.9 Å². The van der Waals surface area contributed by atoms with Crippen LogP contribution in [-0.2, 0) is 4.79 Å². The van der Waals surface area contributed by atoms with Crippen molar-refractivity contribution < 1.29 is 14.4 Å². The molecule has 0 aromatic heterocycles. The Morgan fingerprint density at radius 2 is 2.05 bits per heavy atom. The van der Waals surface area contributed by atoms with Crippen LogP contribution >= 0.6 is 46.0 Å². The van der Waals surface area contributed by atoms with Gasteiger partial charge in [0, 0.05) is 15.9 Å². The maximum absolute atomic E-state index is 13.0. The van der Waals surface area contributed by atoms with Gasteiger partial charge in [-0.2, -0.15) is 0 Å². The summed E-state index contributed by atoms with van der Waals surface area (Å²) in [4.78, 5) is 38.0. The van der Waals surface area contributed by atoms with Crippen molar-refractivity contribution in [1.82, 2.24) is 4.90 Å². The lowest BCUT2D eigenvalue weighted by molar-refractivity contribution is -0.143. The lowest BCUT2D eigenvalue weighted by atomic mass is 9.89. The van der Waals surface area contributed by atoms with Gasteiger partial charge in [0.1, 0.15) is 11.4 Å². The van der Waals surface area contributed by atoms with E-state index in [0.29, 0.717) is 17.4 Å². The van der Waals surface area contributed by atoms with Crippen LogP contribution in [0.2, 0.25) is 0 Å². The van der Waals surface area contributed by atoms with Gasteiger partial charge >= 0.3 is 0 Å². The molecule has 0 bridgehead atoms. The van der Waals surface area contributed by atoms with E-state index in [-0.39, 0.29) is 17.1 Å². The zero-order chi connectivity index (χ0) is 16.3. The van der Waals surface area contributed by atoms with Crippen molar-refractivity contribution in [3.8, 4) is 0 Å². The third-order valence-corrected chi connectivity index (χ3v) is 7.64. The molecule has 1 aromatic rings. The van der Waals surface area contributed by atoms with Gasteiger partial charge in [-0.05, 0) is 36.4 Å². The Bertz CT molecular complexity index is 691. The smallest absolute Gasteiger partial charge is 0.258 e. The first kappa shape index (κ1) is 16.3. The monoisotopic (exact) mass is 449 g/mol. The average molecular weight is 450 g/mol. The summed E-state index contributed by atoms with van der Waals surface area (Å²) in [6.45, 7) is 3.86. The molecule has 2 fully saturated rings. The second-order valence-corrected chi connectivity index (χ2v) is 10.6. The molecule has 3 atom stereocenters. The molecule has 4 nitrogen and oxygen atoms in total. The van der Waals surface area contributed by atoms with E-state index in [9.17, 15) is 14.4 Å². The van der Waals surface area contributed by atoms with Crippen molar-refractivity contribution in [1.29, 1.82) is 0 Å². The number of halogens is 2. The van der Waals surface area contributed by atoms with Crippen molar-refractivity contribution in [3.63, 3.8) is 0 Å². The van der Waals surface area contributed by atoms with E-state index in [1.54, 1.807) is 29.2 Å². The van der Waals surface area contributed by atoms with Gasteiger partial charge in [0.25, 0.3) is 5.91 Å². The minimum Gasteiger partial charge on any atom is -0.313 e. The number of alkyl halides is 2. The number of β-lactam (4-membered cyclic amide) rings is 1. The van der Waals surface area contributed by atoms with Gasteiger partial charge in [-0.15, -0.1) is 11.8 Å². The number of amides is 1. The van der Waals surface area contributed by atoms with Crippen LogP contribution in [0.5, 0.6) is 0 Å². The number of thioether (sulfide) groups is 1.